The first-order chi connectivity index (χ1) is 12.6. The highest BCUT2D eigenvalue weighted by atomic mass is 16.5. The Morgan fingerprint density at radius 1 is 1.04 bits per heavy atom. The molecule has 5 nitrogen and oxygen atoms in total. The van der Waals surface area contributed by atoms with Crippen LogP contribution in [0.4, 0.5) is 0 Å². The first kappa shape index (κ1) is 16.4. The summed E-state index contributed by atoms with van der Waals surface area (Å²) in [5.41, 5.74) is 2.50. The van der Waals surface area contributed by atoms with Crippen LogP contribution in [-0.4, -0.2) is 11.1 Å². The minimum atomic E-state index is -1.13. The van der Waals surface area contributed by atoms with Crippen molar-refractivity contribution in [1.29, 1.82) is 0 Å². The van der Waals surface area contributed by atoms with E-state index >= 15 is 0 Å². The number of carboxylic acid groups (broad SMARTS) is 1. The van der Waals surface area contributed by atoms with Crippen molar-refractivity contribution in [3.63, 3.8) is 0 Å². The van der Waals surface area contributed by atoms with E-state index in [1.807, 2.05) is 12.1 Å². The molecule has 26 heavy (non-hydrogen) atoms. The topological polar surface area (TPSA) is 76.7 Å². The van der Waals surface area contributed by atoms with Gasteiger partial charge < -0.3 is 14.3 Å². The van der Waals surface area contributed by atoms with Gasteiger partial charge in [-0.05, 0) is 43.4 Å². The number of aryl methyl sites for hydroxylation is 1. The van der Waals surface area contributed by atoms with Gasteiger partial charge in [0.1, 0.15) is 11.3 Å². The number of fused-ring (bicyclic) bond motifs is 3. The third kappa shape index (κ3) is 2.96. The molecule has 1 atom stereocenters. The van der Waals surface area contributed by atoms with Crippen molar-refractivity contribution in [2.45, 2.75) is 31.8 Å². The number of ether oxygens (including phenoxy) is 1. The second kappa shape index (κ2) is 6.67. The Bertz CT molecular complexity index is 1020. The maximum Gasteiger partial charge on any atom is 0.349 e. The Hall–Kier alpha value is -3.08. The highest BCUT2D eigenvalue weighted by Gasteiger charge is 2.23. The Kier molecular flexibility index (Phi) is 4.21. The smallest absolute Gasteiger partial charge is 0.349 e. The van der Waals surface area contributed by atoms with Gasteiger partial charge in [-0.2, -0.15) is 0 Å². The summed E-state index contributed by atoms with van der Waals surface area (Å²) < 4.78 is 11.2. The van der Waals surface area contributed by atoms with E-state index in [9.17, 15) is 14.7 Å². The van der Waals surface area contributed by atoms with Gasteiger partial charge in [-0.25, -0.2) is 9.59 Å². The first-order valence-electron chi connectivity index (χ1n) is 8.66. The maximum atomic E-state index is 12.2. The van der Waals surface area contributed by atoms with E-state index in [4.69, 9.17) is 9.15 Å². The van der Waals surface area contributed by atoms with Crippen LogP contribution in [0.3, 0.4) is 0 Å². The second-order valence-corrected chi connectivity index (χ2v) is 6.46. The highest BCUT2D eigenvalue weighted by molar-refractivity contribution is 5.83. The average molecular weight is 350 g/mol. The van der Waals surface area contributed by atoms with E-state index in [0.29, 0.717) is 16.9 Å². The molecular weight excluding hydrogens is 332 g/mol. The zero-order valence-electron chi connectivity index (χ0n) is 14.1. The van der Waals surface area contributed by atoms with Crippen LogP contribution in [0.5, 0.6) is 5.75 Å². The molecule has 0 bridgehead atoms. The number of aliphatic carboxylic acids is 1. The molecule has 1 aliphatic carbocycles. The summed E-state index contributed by atoms with van der Waals surface area (Å²) in [4.78, 5) is 23.9. The van der Waals surface area contributed by atoms with Crippen molar-refractivity contribution < 1.29 is 19.1 Å². The molecule has 3 aromatic rings. The molecule has 0 fully saturated rings. The van der Waals surface area contributed by atoms with Gasteiger partial charge in [0, 0.05) is 22.6 Å². The molecule has 5 heteroatoms. The molecule has 2 aromatic carbocycles. The molecule has 0 spiro atoms. The van der Waals surface area contributed by atoms with E-state index < -0.39 is 12.1 Å². The summed E-state index contributed by atoms with van der Waals surface area (Å²) in [7, 11) is 0. The number of benzene rings is 2. The zero-order chi connectivity index (χ0) is 18.1. The molecule has 1 aliphatic rings. The first-order valence-corrected chi connectivity index (χ1v) is 8.66. The quantitative estimate of drug-likeness (QED) is 0.723. The minimum Gasteiger partial charge on any atom is -0.478 e. The van der Waals surface area contributed by atoms with E-state index in [1.54, 1.807) is 36.4 Å². The van der Waals surface area contributed by atoms with Gasteiger partial charge in [0.15, 0.2) is 0 Å². The fraction of sp³-hybridized carbons (Fsp3) is 0.238. The van der Waals surface area contributed by atoms with Gasteiger partial charge in [0.2, 0.25) is 6.10 Å². The number of hydrogen-bond acceptors (Lipinski definition) is 4. The standard InChI is InChI=1S/C21H18O5/c22-20(23)19(13-6-2-1-3-7-13)25-14-10-11-16-15-8-4-5-9-17(15)21(24)26-18(16)12-14/h1-3,6-7,10-12,19H,4-5,8-9H2,(H,22,23). The molecule has 0 amide bonds. The fourth-order valence-corrected chi connectivity index (χ4v) is 3.52. The fourth-order valence-electron chi connectivity index (χ4n) is 3.52. The lowest BCUT2D eigenvalue weighted by atomic mass is 9.91. The Labute approximate surface area is 149 Å². The normalized spacial score (nSPS) is 14.6. The van der Waals surface area contributed by atoms with Crippen LogP contribution in [0.1, 0.15) is 35.6 Å². The SMILES string of the molecule is O=C(O)C(Oc1ccc2c3c(c(=O)oc2c1)CCCC3)c1ccccc1. The molecule has 1 unspecified atom stereocenters. The van der Waals surface area contributed by atoms with E-state index in [0.717, 1.165) is 42.2 Å². The highest BCUT2D eigenvalue weighted by Crippen LogP contribution is 2.30. The Morgan fingerprint density at radius 2 is 1.77 bits per heavy atom. The van der Waals surface area contributed by atoms with Gasteiger partial charge >= 0.3 is 11.6 Å². The summed E-state index contributed by atoms with van der Waals surface area (Å²) >= 11 is 0. The molecule has 0 aliphatic heterocycles. The van der Waals surface area contributed by atoms with E-state index in [-0.39, 0.29) is 5.63 Å². The van der Waals surface area contributed by atoms with Crippen LogP contribution in [0.15, 0.2) is 57.7 Å². The summed E-state index contributed by atoms with van der Waals surface area (Å²) in [6.45, 7) is 0. The van der Waals surface area contributed by atoms with E-state index in [1.165, 1.54) is 0 Å². The van der Waals surface area contributed by atoms with Crippen LogP contribution in [0.2, 0.25) is 0 Å². The van der Waals surface area contributed by atoms with Crippen LogP contribution >= 0.6 is 0 Å². The monoisotopic (exact) mass is 350 g/mol. The van der Waals surface area contributed by atoms with E-state index in [2.05, 4.69) is 0 Å². The lowest BCUT2D eigenvalue weighted by Crippen LogP contribution is -2.18. The second-order valence-electron chi connectivity index (χ2n) is 6.46. The third-order valence-corrected chi connectivity index (χ3v) is 4.78. The predicted molar refractivity (Wildman–Crippen MR) is 96.6 cm³/mol. The van der Waals surface area contributed by atoms with Crippen molar-refractivity contribution in [2.75, 3.05) is 0 Å². The molecule has 0 radical (unpaired) electrons. The predicted octanol–water partition coefficient (Wildman–Crippen LogP) is 3.88. The molecular formula is C21H18O5. The molecule has 1 heterocycles. The third-order valence-electron chi connectivity index (χ3n) is 4.78. The van der Waals surface area contributed by atoms with Crippen molar-refractivity contribution in [3.05, 3.63) is 75.6 Å². The molecule has 4 rings (SSSR count). The molecule has 0 saturated heterocycles. The van der Waals surface area contributed by atoms with Gasteiger partial charge in [-0.15, -0.1) is 0 Å². The van der Waals surface area contributed by atoms with Crippen molar-refractivity contribution in [3.8, 4) is 5.75 Å². The summed E-state index contributed by atoms with van der Waals surface area (Å²) in [6, 6.07) is 13.9. The average Bonchev–Trinajstić information content (AvgIpc) is 2.66. The molecule has 1 N–H and O–H groups in total. The van der Waals surface area contributed by atoms with Gasteiger partial charge in [-0.3, -0.25) is 0 Å². The van der Waals surface area contributed by atoms with Crippen molar-refractivity contribution >= 4 is 16.9 Å². The van der Waals surface area contributed by atoms with Gasteiger partial charge in [0.25, 0.3) is 0 Å². The van der Waals surface area contributed by atoms with Crippen molar-refractivity contribution in [2.24, 2.45) is 0 Å². The maximum absolute atomic E-state index is 12.2. The number of carboxylic acids is 1. The number of carbonyl (C=O) groups is 1. The van der Waals surface area contributed by atoms with Crippen LogP contribution in [0.25, 0.3) is 11.0 Å². The van der Waals surface area contributed by atoms with Crippen LogP contribution in [-0.2, 0) is 17.6 Å². The van der Waals surface area contributed by atoms with Crippen LogP contribution < -0.4 is 10.4 Å². The molecule has 0 saturated carbocycles. The lowest BCUT2D eigenvalue weighted by Gasteiger charge is -2.18. The lowest BCUT2D eigenvalue weighted by molar-refractivity contribution is -0.145. The Balaban J connectivity index is 1.73. The van der Waals surface area contributed by atoms with Gasteiger partial charge in [0.05, 0.1) is 0 Å². The number of rotatable bonds is 4. The van der Waals surface area contributed by atoms with Crippen LogP contribution in [0, 0.1) is 0 Å². The van der Waals surface area contributed by atoms with Crippen molar-refractivity contribution in [1.82, 2.24) is 0 Å². The minimum absolute atomic E-state index is 0.304. The Morgan fingerprint density at radius 3 is 2.50 bits per heavy atom. The zero-order valence-corrected chi connectivity index (χ0v) is 14.1. The molecule has 1 aromatic heterocycles. The summed E-state index contributed by atoms with van der Waals surface area (Å²) in [5.74, 6) is -0.726. The molecule has 132 valence electrons. The number of hydrogen-bond donors (Lipinski definition) is 1. The van der Waals surface area contributed by atoms with Gasteiger partial charge in [-0.1, -0.05) is 30.3 Å². The largest absolute Gasteiger partial charge is 0.478 e. The summed E-state index contributed by atoms with van der Waals surface area (Å²) in [6.07, 6.45) is 2.54. The summed E-state index contributed by atoms with van der Waals surface area (Å²) in [5, 5.41) is 10.4.